The van der Waals surface area contributed by atoms with Crippen molar-refractivity contribution in [2.75, 3.05) is 6.61 Å². The van der Waals surface area contributed by atoms with Crippen LogP contribution in [-0.2, 0) is 14.3 Å². The van der Waals surface area contributed by atoms with E-state index in [-0.39, 0.29) is 18.4 Å². The predicted octanol–water partition coefficient (Wildman–Crippen LogP) is 2.26. The number of hydrogen-bond donors (Lipinski definition) is 2. The summed E-state index contributed by atoms with van der Waals surface area (Å²) in [6.07, 6.45) is -1.12. The Kier molecular flexibility index (Phi) is 7.42. The molecular weight excluding hydrogens is 324 g/mol. The van der Waals surface area contributed by atoms with Crippen molar-refractivity contribution in [2.45, 2.75) is 46.6 Å². The zero-order valence-electron chi connectivity index (χ0n) is 15.3. The fourth-order valence-electron chi connectivity index (χ4n) is 2.24. The summed E-state index contributed by atoms with van der Waals surface area (Å²) in [6.45, 7) is 9.03. The normalized spacial score (nSPS) is 12.0. The molecule has 0 heterocycles. The van der Waals surface area contributed by atoms with Crippen LogP contribution in [0, 0.1) is 12.8 Å². The van der Waals surface area contributed by atoms with Crippen LogP contribution in [0.5, 0.6) is 5.75 Å². The summed E-state index contributed by atoms with van der Waals surface area (Å²) in [5.74, 6) is -0.941. The maximum atomic E-state index is 12.0. The van der Waals surface area contributed by atoms with Crippen molar-refractivity contribution in [3.8, 4) is 5.75 Å². The first-order valence-corrected chi connectivity index (χ1v) is 8.15. The Hall–Kier alpha value is -2.57. The summed E-state index contributed by atoms with van der Waals surface area (Å²) in [4.78, 5) is 34.7. The number of hydrogen-bond acceptors (Lipinski definition) is 5. The van der Waals surface area contributed by atoms with Gasteiger partial charge in [-0.2, -0.15) is 0 Å². The summed E-state index contributed by atoms with van der Waals surface area (Å²) < 4.78 is 10.7. The van der Waals surface area contributed by atoms with Gasteiger partial charge in [0, 0.05) is 0 Å². The molecule has 0 fully saturated rings. The molecule has 0 saturated heterocycles. The van der Waals surface area contributed by atoms with Crippen LogP contribution in [0.25, 0.3) is 0 Å². The third-order valence-electron chi connectivity index (χ3n) is 3.51. The van der Waals surface area contributed by atoms with Gasteiger partial charge in [0.05, 0.1) is 0 Å². The highest BCUT2D eigenvalue weighted by Gasteiger charge is 2.27. The Balaban J connectivity index is 2.74. The van der Waals surface area contributed by atoms with E-state index in [2.05, 4.69) is 0 Å². The second-order valence-corrected chi connectivity index (χ2v) is 6.49. The maximum Gasteiger partial charge on any atom is 0.344 e. The number of benzene rings is 1. The average Bonchev–Trinajstić information content (AvgIpc) is 2.49. The van der Waals surface area contributed by atoms with Crippen molar-refractivity contribution < 1.29 is 23.9 Å². The number of ether oxygens (including phenoxy) is 2. The van der Waals surface area contributed by atoms with Crippen molar-refractivity contribution in [1.82, 2.24) is 5.32 Å². The highest BCUT2D eigenvalue weighted by atomic mass is 16.6. The quantitative estimate of drug-likeness (QED) is 0.733. The molecule has 3 amide bonds. The van der Waals surface area contributed by atoms with Gasteiger partial charge < -0.3 is 15.2 Å². The van der Waals surface area contributed by atoms with Gasteiger partial charge in [0.25, 0.3) is 5.91 Å². The van der Waals surface area contributed by atoms with Gasteiger partial charge in [-0.1, -0.05) is 39.8 Å². The van der Waals surface area contributed by atoms with E-state index in [0.717, 1.165) is 11.1 Å². The van der Waals surface area contributed by atoms with Crippen molar-refractivity contribution in [3.63, 3.8) is 0 Å². The topological polar surface area (TPSA) is 108 Å². The molecule has 0 aliphatic carbocycles. The van der Waals surface area contributed by atoms with Gasteiger partial charge in [-0.05, 0) is 36.0 Å². The van der Waals surface area contributed by atoms with Crippen molar-refractivity contribution in [2.24, 2.45) is 11.7 Å². The summed E-state index contributed by atoms with van der Waals surface area (Å²) >= 11 is 0. The van der Waals surface area contributed by atoms with Crippen LogP contribution in [0.4, 0.5) is 4.79 Å². The first-order valence-electron chi connectivity index (χ1n) is 8.15. The molecular formula is C18H26N2O5. The second-order valence-electron chi connectivity index (χ2n) is 6.49. The predicted molar refractivity (Wildman–Crippen MR) is 93.2 cm³/mol. The molecule has 0 spiro atoms. The summed E-state index contributed by atoms with van der Waals surface area (Å²) in [6, 6.07) is 4.79. The maximum absolute atomic E-state index is 12.0. The number of primary amides is 1. The van der Waals surface area contributed by atoms with Gasteiger partial charge in [0.2, 0.25) is 0 Å². The number of rotatable bonds is 7. The molecule has 3 N–H and O–H groups in total. The fourth-order valence-corrected chi connectivity index (χ4v) is 2.24. The summed E-state index contributed by atoms with van der Waals surface area (Å²) in [5, 5.41) is 1.92. The molecule has 1 aromatic carbocycles. The van der Waals surface area contributed by atoms with E-state index in [9.17, 15) is 14.4 Å². The number of nitrogens with two attached hydrogens (primary N) is 1. The Morgan fingerprint density at radius 3 is 2.32 bits per heavy atom. The third-order valence-corrected chi connectivity index (χ3v) is 3.51. The number of aryl methyl sites for hydroxylation is 1. The molecule has 0 aliphatic heterocycles. The lowest BCUT2D eigenvalue weighted by molar-refractivity contribution is -0.160. The van der Waals surface area contributed by atoms with Crippen LogP contribution in [0.15, 0.2) is 18.2 Å². The molecule has 0 radical (unpaired) electrons. The van der Waals surface area contributed by atoms with Crippen LogP contribution in [0.3, 0.4) is 0 Å². The van der Waals surface area contributed by atoms with Crippen molar-refractivity contribution in [3.05, 3.63) is 29.3 Å². The number of carbonyl (C=O) groups excluding carboxylic acids is 3. The van der Waals surface area contributed by atoms with Gasteiger partial charge >= 0.3 is 12.0 Å². The first kappa shape index (κ1) is 20.5. The zero-order valence-corrected chi connectivity index (χ0v) is 15.3. The van der Waals surface area contributed by atoms with E-state index in [4.69, 9.17) is 15.2 Å². The smallest absolute Gasteiger partial charge is 0.344 e. The SMILES string of the molecule is Cc1ccc(C(C)C)c(OCC(=O)O[C@H](C(=O)NC(N)=O)C(C)C)c1. The van der Waals surface area contributed by atoms with Crippen LogP contribution < -0.4 is 15.8 Å². The van der Waals surface area contributed by atoms with Gasteiger partial charge in [-0.25, -0.2) is 9.59 Å². The van der Waals surface area contributed by atoms with E-state index in [1.807, 2.05) is 44.3 Å². The van der Waals surface area contributed by atoms with E-state index in [1.165, 1.54) is 0 Å². The van der Waals surface area contributed by atoms with E-state index < -0.39 is 24.0 Å². The average molecular weight is 350 g/mol. The monoisotopic (exact) mass is 350 g/mol. The lowest BCUT2D eigenvalue weighted by Crippen LogP contribution is -2.46. The second kappa shape index (κ2) is 9.05. The minimum atomic E-state index is -1.12. The Morgan fingerprint density at radius 2 is 1.80 bits per heavy atom. The summed E-state index contributed by atoms with van der Waals surface area (Å²) in [7, 11) is 0. The lowest BCUT2D eigenvalue weighted by atomic mass is 10.0. The molecule has 0 aliphatic rings. The van der Waals surface area contributed by atoms with Gasteiger partial charge in [-0.3, -0.25) is 10.1 Å². The molecule has 1 rings (SSSR count). The number of nitrogens with one attached hydrogen (secondary N) is 1. The molecule has 7 heteroatoms. The molecule has 7 nitrogen and oxygen atoms in total. The molecule has 25 heavy (non-hydrogen) atoms. The molecule has 1 aromatic rings. The lowest BCUT2D eigenvalue weighted by Gasteiger charge is -2.20. The van der Waals surface area contributed by atoms with Gasteiger partial charge in [0.1, 0.15) is 5.75 Å². The third kappa shape index (κ3) is 6.45. The first-order chi connectivity index (χ1) is 11.6. The van der Waals surface area contributed by atoms with E-state index in [0.29, 0.717) is 5.75 Å². The minimum Gasteiger partial charge on any atom is -0.482 e. The Morgan fingerprint density at radius 1 is 1.16 bits per heavy atom. The largest absolute Gasteiger partial charge is 0.482 e. The zero-order chi connectivity index (χ0) is 19.1. The molecule has 0 unspecified atom stereocenters. The van der Waals surface area contributed by atoms with Gasteiger partial charge in [0.15, 0.2) is 12.7 Å². The number of esters is 1. The molecule has 1 atom stereocenters. The summed E-state index contributed by atoms with van der Waals surface area (Å²) in [5.41, 5.74) is 6.90. The van der Waals surface area contributed by atoms with Crippen LogP contribution in [-0.4, -0.2) is 30.6 Å². The number of urea groups is 1. The number of imide groups is 1. The van der Waals surface area contributed by atoms with Crippen LogP contribution in [0.2, 0.25) is 0 Å². The highest BCUT2D eigenvalue weighted by molar-refractivity contribution is 5.96. The Bertz CT molecular complexity index is 640. The van der Waals surface area contributed by atoms with Crippen LogP contribution in [0.1, 0.15) is 44.7 Å². The van der Waals surface area contributed by atoms with Crippen LogP contribution >= 0.6 is 0 Å². The molecule has 138 valence electrons. The Labute approximate surface area is 147 Å². The molecule has 0 bridgehead atoms. The number of carbonyl (C=O) groups is 3. The van der Waals surface area contributed by atoms with Crippen molar-refractivity contribution >= 4 is 17.9 Å². The van der Waals surface area contributed by atoms with E-state index in [1.54, 1.807) is 13.8 Å². The number of amides is 3. The standard InChI is InChI=1S/C18H26N2O5/c1-10(2)13-7-6-12(5)8-14(13)24-9-15(21)25-16(11(3)4)17(22)20-18(19)23/h6-8,10-11,16H,9H2,1-5H3,(H3,19,20,22,23)/t16-/m0/s1. The highest BCUT2D eigenvalue weighted by Crippen LogP contribution is 2.27. The van der Waals surface area contributed by atoms with E-state index >= 15 is 0 Å². The molecule has 0 aromatic heterocycles. The van der Waals surface area contributed by atoms with Crippen molar-refractivity contribution in [1.29, 1.82) is 0 Å². The molecule has 0 saturated carbocycles. The fraction of sp³-hybridized carbons (Fsp3) is 0.500. The minimum absolute atomic E-state index is 0.233. The van der Waals surface area contributed by atoms with Gasteiger partial charge in [-0.15, -0.1) is 0 Å².